The summed E-state index contributed by atoms with van der Waals surface area (Å²) in [5.74, 6) is 1.55. The maximum Gasteiger partial charge on any atom is 0.193 e. The Balaban J connectivity index is 0.00000529. The van der Waals surface area contributed by atoms with Crippen LogP contribution in [-0.4, -0.2) is 76.3 Å². The average molecular weight is 472 g/mol. The number of guanidine groups is 1. The van der Waals surface area contributed by atoms with E-state index in [-0.39, 0.29) is 28.7 Å². The van der Waals surface area contributed by atoms with Crippen LogP contribution < -0.4 is 5.32 Å². The Morgan fingerprint density at radius 2 is 2.04 bits per heavy atom. The number of likely N-dealkylation sites (N-methyl/N-ethyl adjacent to an activating group) is 2. The van der Waals surface area contributed by atoms with Crippen molar-refractivity contribution < 1.29 is 4.21 Å². The molecule has 2 unspecified atom stereocenters. The number of rotatable bonds is 7. The second kappa shape index (κ2) is 11.7. The Kier molecular flexibility index (Phi) is 11.7. The van der Waals surface area contributed by atoms with Gasteiger partial charge in [-0.2, -0.15) is 0 Å². The number of nitrogens with zero attached hydrogens (tertiary/aromatic N) is 3. The highest BCUT2D eigenvalue weighted by molar-refractivity contribution is 14.0. The van der Waals surface area contributed by atoms with E-state index in [0.29, 0.717) is 18.3 Å². The van der Waals surface area contributed by atoms with Crippen molar-refractivity contribution in [2.45, 2.75) is 58.2 Å². The minimum absolute atomic E-state index is 0. The molecule has 0 bridgehead atoms. The normalized spacial score (nSPS) is 20.6. The first-order chi connectivity index (χ1) is 10.8. The Morgan fingerprint density at radius 1 is 1.38 bits per heavy atom. The molecule has 0 saturated carbocycles. The standard InChI is InChI=1S/C17H36N4OS.HI/c1-7-18-16(19-11-13-23(22)17(3,4)5)20(6)14-15-10-9-12-21(15)8-2;/h15H,7-14H2,1-6H3,(H,18,19);1H. The number of likely N-dealkylation sites (tertiary alicyclic amines) is 1. The monoisotopic (exact) mass is 472 g/mol. The van der Waals surface area contributed by atoms with E-state index in [0.717, 1.165) is 25.6 Å². The van der Waals surface area contributed by atoms with Gasteiger partial charge in [-0.25, -0.2) is 0 Å². The first-order valence-electron chi connectivity index (χ1n) is 8.91. The lowest BCUT2D eigenvalue weighted by molar-refractivity contribution is 0.233. The molecule has 0 aromatic rings. The summed E-state index contributed by atoms with van der Waals surface area (Å²) in [5, 5.41) is 3.36. The number of hydrogen-bond acceptors (Lipinski definition) is 3. The van der Waals surface area contributed by atoms with Crippen LogP contribution in [0.2, 0.25) is 0 Å². The highest BCUT2D eigenvalue weighted by Gasteiger charge is 2.25. The molecule has 0 radical (unpaired) electrons. The van der Waals surface area contributed by atoms with Crippen LogP contribution in [0.25, 0.3) is 0 Å². The fourth-order valence-corrected chi connectivity index (χ4v) is 3.80. The third-order valence-corrected chi connectivity index (χ3v) is 6.23. The molecule has 1 heterocycles. The van der Waals surface area contributed by atoms with Crippen LogP contribution in [0.3, 0.4) is 0 Å². The molecule has 0 amide bonds. The molecule has 0 aromatic heterocycles. The quantitative estimate of drug-likeness (QED) is 0.352. The van der Waals surface area contributed by atoms with Gasteiger partial charge in [0, 0.05) is 47.5 Å². The van der Waals surface area contributed by atoms with E-state index in [1.165, 1.54) is 19.4 Å². The molecular formula is C17H37IN4OS. The van der Waals surface area contributed by atoms with Gasteiger partial charge in [-0.1, -0.05) is 6.92 Å². The Labute approximate surface area is 168 Å². The second-order valence-electron chi connectivity index (χ2n) is 7.20. The molecule has 1 saturated heterocycles. The maximum atomic E-state index is 12.1. The third kappa shape index (κ3) is 7.99. The van der Waals surface area contributed by atoms with Gasteiger partial charge in [0.2, 0.25) is 0 Å². The summed E-state index contributed by atoms with van der Waals surface area (Å²) in [4.78, 5) is 9.45. The molecular weight excluding hydrogens is 435 g/mol. The predicted molar refractivity (Wildman–Crippen MR) is 117 cm³/mol. The Hall–Kier alpha value is 0.110. The number of hydrogen-bond donors (Lipinski definition) is 1. The maximum absolute atomic E-state index is 12.1. The van der Waals surface area contributed by atoms with Gasteiger partial charge in [-0.3, -0.25) is 14.1 Å². The van der Waals surface area contributed by atoms with Gasteiger partial charge in [0.25, 0.3) is 0 Å². The molecule has 2 atom stereocenters. The van der Waals surface area contributed by atoms with Crippen molar-refractivity contribution in [3.63, 3.8) is 0 Å². The lowest BCUT2D eigenvalue weighted by atomic mass is 10.2. The van der Waals surface area contributed by atoms with Crippen LogP contribution in [-0.2, 0) is 10.8 Å². The second-order valence-corrected chi connectivity index (χ2v) is 9.53. The van der Waals surface area contributed by atoms with Gasteiger partial charge >= 0.3 is 0 Å². The summed E-state index contributed by atoms with van der Waals surface area (Å²) in [7, 11) is 1.26. The minimum atomic E-state index is -0.844. The van der Waals surface area contributed by atoms with Crippen LogP contribution in [0.4, 0.5) is 0 Å². The lowest BCUT2D eigenvalue weighted by Crippen LogP contribution is -2.46. The van der Waals surface area contributed by atoms with Crippen molar-refractivity contribution in [1.82, 2.24) is 15.1 Å². The zero-order chi connectivity index (χ0) is 17.5. The van der Waals surface area contributed by atoms with E-state index < -0.39 is 10.8 Å². The van der Waals surface area contributed by atoms with E-state index in [4.69, 9.17) is 0 Å². The van der Waals surface area contributed by atoms with E-state index in [1.54, 1.807) is 0 Å². The molecule has 1 aliphatic rings. The van der Waals surface area contributed by atoms with Gasteiger partial charge in [-0.15, -0.1) is 24.0 Å². The Morgan fingerprint density at radius 3 is 2.58 bits per heavy atom. The van der Waals surface area contributed by atoms with Crippen molar-refractivity contribution in [2.24, 2.45) is 4.99 Å². The van der Waals surface area contributed by atoms with Gasteiger partial charge in [-0.05, 0) is 53.6 Å². The minimum Gasteiger partial charge on any atom is -0.357 e. The molecule has 0 aliphatic carbocycles. The van der Waals surface area contributed by atoms with Crippen LogP contribution in [0.5, 0.6) is 0 Å². The fourth-order valence-electron chi connectivity index (χ4n) is 2.93. The zero-order valence-corrected chi connectivity index (χ0v) is 19.4. The van der Waals surface area contributed by atoms with Crippen LogP contribution in [0.15, 0.2) is 4.99 Å². The largest absolute Gasteiger partial charge is 0.357 e. The highest BCUT2D eigenvalue weighted by atomic mass is 127. The van der Waals surface area contributed by atoms with Crippen LogP contribution >= 0.6 is 24.0 Å². The van der Waals surface area contributed by atoms with E-state index in [9.17, 15) is 4.21 Å². The summed E-state index contributed by atoms with van der Waals surface area (Å²) in [6.07, 6.45) is 2.57. The molecule has 144 valence electrons. The van der Waals surface area contributed by atoms with Crippen LogP contribution in [0, 0.1) is 0 Å². The average Bonchev–Trinajstić information content (AvgIpc) is 2.92. The first-order valence-corrected chi connectivity index (χ1v) is 10.2. The van der Waals surface area contributed by atoms with Crippen LogP contribution in [0.1, 0.15) is 47.5 Å². The van der Waals surface area contributed by atoms with Crippen molar-refractivity contribution in [3.8, 4) is 0 Å². The highest BCUT2D eigenvalue weighted by Crippen LogP contribution is 2.17. The molecule has 0 aromatic carbocycles. The number of aliphatic imine (C=N–C) groups is 1. The van der Waals surface area contributed by atoms with Crippen molar-refractivity contribution in [2.75, 3.05) is 45.5 Å². The number of halogens is 1. The summed E-state index contributed by atoms with van der Waals surface area (Å²) < 4.78 is 12.0. The van der Waals surface area contributed by atoms with Gasteiger partial charge in [0.1, 0.15) is 0 Å². The SMILES string of the molecule is CCNC(=NCCS(=O)C(C)(C)C)N(C)CC1CCCN1CC.I. The predicted octanol–water partition coefficient (Wildman–Crippen LogP) is 2.53. The molecule has 1 rings (SSSR count). The third-order valence-electron chi connectivity index (χ3n) is 4.31. The molecule has 1 aliphatic heterocycles. The molecule has 1 fully saturated rings. The summed E-state index contributed by atoms with van der Waals surface area (Å²) in [6, 6.07) is 0.623. The summed E-state index contributed by atoms with van der Waals surface area (Å²) in [5.41, 5.74) is 0. The van der Waals surface area contributed by atoms with Gasteiger partial charge in [0.15, 0.2) is 5.96 Å². The zero-order valence-electron chi connectivity index (χ0n) is 16.3. The topological polar surface area (TPSA) is 47.9 Å². The molecule has 5 nitrogen and oxygen atoms in total. The molecule has 0 spiro atoms. The van der Waals surface area contributed by atoms with Gasteiger partial charge < -0.3 is 10.2 Å². The van der Waals surface area contributed by atoms with Crippen molar-refractivity contribution in [3.05, 3.63) is 0 Å². The number of nitrogens with one attached hydrogen (secondary N) is 1. The smallest absolute Gasteiger partial charge is 0.193 e. The Bertz CT molecular complexity index is 412. The van der Waals surface area contributed by atoms with Gasteiger partial charge in [0.05, 0.1) is 6.54 Å². The summed E-state index contributed by atoms with van der Waals surface area (Å²) in [6.45, 7) is 15.2. The molecule has 24 heavy (non-hydrogen) atoms. The lowest BCUT2D eigenvalue weighted by Gasteiger charge is -2.30. The fraction of sp³-hybridized carbons (Fsp3) is 0.941. The van der Waals surface area contributed by atoms with E-state index >= 15 is 0 Å². The summed E-state index contributed by atoms with van der Waals surface area (Å²) >= 11 is 0. The first kappa shape index (κ1) is 24.1. The molecule has 7 heteroatoms. The van der Waals surface area contributed by atoms with Crippen molar-refractivity contribution in [1.29, 1.82) is 0 Å². The molecule has 1 N–H and O–H groups in total. The van der Waals surface area contributed by atoms with E-state index in [1.807, 2.05) is 20.8 Å². The van der Waals surface area contributed by atoms with Crippen molar-refractivity contribution >= 4 is 40.7 Å². The van der Waals surface area contributed by atoms with E-state index in [2.05, 4.69) is 41.0 Å².